The minimum atomic E-state index is 0.0286. The van der Waals surface area contributed by atoms with Crippen LogP contribution in [0.5, 0.6) is 0 Å². The molecule has 0 aliphatic heterocycles. The number of fused-ring (bicyclic) bond motifs is 1. The fourth-order valence-corrected chi connectivity index (χ4v) is 4.33. The van der Waals surface area contributed by atoms with Crippen LogP contribution in [-0.4, -0.2) is 38.1 Å². The predicted octanol–water partition coefficient (Wildman–Crippen LogP) is 3.40. The Hall–Kier alpha value is -2.24. The predicted molar refractivity (Wildman–Crippen MR) is 114 cm³/mol. The molecule has 5 heteroatoms. The number of benzene rings is 2. The molecule has 0 aliphatic carbocycles. The summed E-state index contributed by atoms with van der Waals surface area (Å²) in [6, 6.07) is 12.1. The topological polar surface area (TPSA) is 37.6 Å². The third-order valence-electron chi connectivity index (χ3n) is 4.61. The standard InChI is InChI=1S/C22H27N3OS/c1-15-8-6-9-18(13-15)21(26)25(11-7-10-24(4)5)22-23-19-14-16(2)12-17(3)20(19)27-22/h6,8-9,12-14H,7,10-11H2,1-5H3/p+1. The van der Waals surface area contributed by atoms with Gasteiger partial charge in [-0.25, -0.2) is 4.98 Å². The first kappa shape index (κ1) is 19.5. The first-order chi connectivity index (χ1) is 12.8. The van der Waals surface area contributed by atoms with Gasteiger partial charge in [-0.2, -0.15) is 0 Å². The summed E-state index contributed by atoms with van der Waals surface area (Å²) in [5.41, 5.74) is 5.21. The highest BCUT2D eigenvalue weighted by atomic mass is 32.1. The number of anilines is 1. The maximum absolute atomic E-state index is 13.3. The van der Waals surface area contributed by atoms with Gasteiger partial charge in [0.15, 0.2) is 5.13 Å². The van der Waals surface area contributed by atoms with Gasteiger partial charge >= 0.3 is 0 Å². The molecule has 27 heavy (non-hydrogen) atoms. The molecule has 0 atom stereocenters. The molecular weight excluding hydrogens is 354 g/mol. The van der Waals surface area contributed by atoms with Crippen LogP contribution >= 0.6 is 11.3 Å². The van der Waals surface area contributed by atoms with Gasteiger partial charge in [0, 0.05) is 18.5 Å². The van der Waals surface area contributed by atoms with E-state index in [2.05, 4.69) is 40.1 Å². The number of hydrogen-bond acceptors (Lipinski definition) is 3. The van der Waals surface area contributed by atoms with Crippen molar-refractivity contribution in [2.24, 2.45) is 0 Å². The van der Waals surface area contributed by atoms with Crippen LogP contribution in [-0.2, 0) is 0 Å². The summed E-state index contributed by atoms with van der Waals surface area (Å²) in [5, 5.41) is 0.791. The van der Waals surface area contributed by atoms with E-state index in [4.69, 9.17) is 4.98 Å². The number of thiazole rings is 1. The van der Waals surface area contributed by atoms with Crippen LogP contribution in [0.1, 0.15) is 33.5 Å². The van der Waals surface area contributed by atoms with E-state index in [-0.39, 0.29) is 5.91 Å². The van der Waals surface area contributed by atoms with Gasteiger partial charge in [-0.3, -0.25) is 9.69 Å². The maximum atomic E-state index is 13.3. The van der Waals surface area contributed by atoms with Crippen molar-refractivity contribution in [3.8, 4) is 0 Å². The summed E-state index contributed by atoms with van der Waals surface area (Å²) in [4.78, 5) is 21.3. The summed E-state index contributed by atoms with van der Waals surface area (Å²) in [5.74, 6) is 0.0286. The molecule has 3 rings (SSSR count). The molecule has 1 heterocycles. The van der Waals surface area contributed by atoms with Crippen molar-refractivity contribution in [3.63, 3.8) is 0 Å². The van der Waals surface area contributed by atoms with Gasteiger partial charge in [0.05, 0.1) is 30.9 Å². The van der Waals surface area contributed by atoms with E-state index < -0.39 is 0 Å². The van der Waals surface area contributed by atoms with Gasteiger partial charge in [0.1, 0.15) is 0 Å². The Morgan fingerprint density at radius 3 is 2.59 bits per heavy atom. The summed E-state index contributed by atoms with van der Waals surface area (Å²) in [6.45, 7) is 7.90. The molecule has 4 nitrogen and oxygen atoms in total. The molecule has 0 fully saturated rings. The molecule has 3 aromatic rings. The van der Waals surface area contributed by atoms with E-state index in [1.807, 2.05) is 36.1 Å². The number of carbonyl (C=O) groups excluding carboxylic acids is 1. The van der Waals surface area contributed by atoms with Crippen LogP contribution in [0.2, 0.25) is 0 Å². The van der Waals surface area contributed by atoms with E-state index in [0.29, 0.717) is 6.54 Å². The first-order valence-electron chi connectivity index (χ1n) is 9.40. The van der Waals surface area contributed by atoms with Crippen LogP contribution in [0.15, 0.2) is 36.4 Å². The molecular formula is C22H28N3OS+. The molecule has 0 bridgehead atoms. The summed E-state index contributed by atoms with van der Waals surface area (Å²) in [7, 11) is 4.27. The molecule has 0 aliphatic rings. The van der Waals surface area contributed by atoms with Crippen LogP contribution in [0.3, 0.4) is 0 Å². The van der Waals surface area contributed by atoms with Crippen molar-refractivity contribution in [1.82, 2.24) is 4.98 Å². The van der Waals surface area contributed by atoms with Crippen LogP contribution < -0.4 is 9.80 Å². The molecule has 0 saturated carbocycles. The van der Waals surface area contributed by atoms with Gasteiger partial charge in [0.2, 0.25) is 0 Å². The second kappa shape index (κ2) is 8.19. The lowest BCUT2D eigenvalue weighted by Gasteiger charge is -2.20. The zero-order valence-electron chi connectivity index (χ0n) is 16.8. The lowest BCUT2D eigenvalue weighted by atomic mass is 10.1. The molecule has 1 aromatic heterocycles. The van der Waals surface area contributed by atoms with E-state index >= 15 is 0 Å². The van der Waals surface area contributed by atoms with Gasteiger partial charge in [-0.05, 0) is 50.1 Å². The van der Waals surface area contributed by atoms with E-state index in [0.717, 1.165) is 39.4 Å². The first-order valence-corrected chi connectivity index (χ1v) is 10.2. The Bertz CT molecular complexity index is 961. The molecule has 0 unspecified atom stereocenters. The zero-order valence-corrected chi connectivity index (χ0v) is 17.6. The quantitative estimate of drug-likeness (QED) is 0.709. The van der Waals surface area contributed by atoms with E-state index in [9.17, 15) is 4.79 Å². The minimum Gasteiger partial charge on any atom is -0.340 e. The fraction of sp³-hybridized carbons (Fsp3) is 0.364. The Labute approximate surface area is 165 Å². The van der Waals surface area contributed by atoms with Gasteiger partial charge in [0.25, 0.3) is 5.91 Å². The molecule has 0 radical (unpaired) electrons. The second-order valence-electron chi connectivity index (χ2n) is 7.56. The van der Waals surface area contributed by atoms with Crippen molar-refractivity contribution in [3.05, 3.63) is 58.7 Å². The number of carbonyl (C=O) groups is 1. The number of quaternary nitrogens is 1. The number of aromatic nitrogens is 1. The van der Waals surface area contributed by atoms with Crippen molar-refractivity contribution in [2.45, 2.75) is 27.2 Å². The Morgan fingerprint density at radius 1 is 1.11 bits per heavy atom. The largest absolute Gasteiger partial charge is 0.340 e. The Kier molecular flexibility index (Phi) is 5.92. The number of amides is 1. The molecule has 0 saturated heterocycles. The van der Waals surface area contributed by atoms with Crippen molar-refractivity contribution in [1.29, 1.82) is 0 Å². The average molecular weight is 383 g/mol. The highest BCUT2D eigenvalue weighted by Gasteiger charge is 2.22. The molecule has 1 N–H and O–H groups in total. The third kappa shape index (κ3) is 4.54. The fourth-order valence-electron chi connectivity index (χ4n) is 3.29. The summed E-state index contributed by atoms with van der Waals surface area (Å²) < 4.78 is 1.16. The number of nitrogens with zero attached hydrogens (tertiary/aromatic N) is 2. The number of rotatable bonds is 6. The number of hydrogen-bond donors (Lipinski definition) is 1. The van der Waals surface area contributed by atoms with Gasteiger partial charge < -0.3 is 4.90 Å². The Balaban J connectivity index is 1.98. The number of aryl methyl sites for hydroxylation is 3. The maximum Gasteiger partial charge on any atom is 0.260 e. The SMILES string of the molecule is Cc1cccc(C(=O)N(CCC[NH+](C)C)c2nc3cc(C)cc(C)c3s2)c1. The van der Waals surface area contributed by atoms with Crippen molar-refractivity contribution < 1.29 is 9.69 Å². The lowest BCUT2D eigenvalue weighted by Crippen LogP contribution is -3.05. The number of nitrogens with one attached hydrogen (secondary N) is 1. The molecule has 0 spiro atoms. The monoisotopic (exact) mass is 382 g/mol. The Morgan fingerprint density at radius 2 is 1.89 bits per heavy atom. The third-order valence-corrected chi connectivity index (χ3v) is 5.84. The molecule has 1 amide bonds. The van der Waals surface area contributed by atoms with Crippen LogP contribution in [0.25, 0.3) is 10.2 Å². The molecule has 2 aromatic carbocycles. The van der Waals surface area contributed by atoms with E-state index in [1.54, 1.807) is 11.3 Å². The van der Waals surface area contributed by atoms with Crippen LogP contribution in [0, 0.1) is 20.8 Å². The lowest BCUT2D eigenvalue weighted by molar-refractivity contribution is -0.858. The minimum absolute atomic E-state index is 0.0286. The van der Waals surface area contributed by atoms with Crippen LogP contribution in [0.4, 0.5) is 5.13 Å². The normalized spacial score (nSPS) is 11.3. The molecule has 142 valence electrons. The second-order valence-corrected chi connectivity index (χ2v) is 8.54. The van der Waals surface area contributed by atoms with Crippen molar-refractivity contribution in [2.75, 3.05) is 32.1 Å². The zero-order chi connectivity index (χ0) is 19.6. The summed E-state index contributed by atoms with van der Waals surface area (Å²) in [6.07, 6.45) is 0.938. The highest BCUT2D eigenvalue weighted by molar-refractivity contribution is 7.22. The highest BCUT2D eigenvalue weighted by Crippen LogP contribution is 2.33. The average Bonchev–Trinajstić information content (AvgIpc) is 3.02. The van der Waals surface area contributed by atoms with Gasteiger partial charge in [-0.15, -0.1) is 0 Å². The smallest absolute Gasteiger partial charge is 0.260 e. The van der Waals surface area contributed by atoms with Gasteiger partial charge in [-0.1, -0.05) is 35.1 Å². The summed E-state index contributed by atoms with van der Waals surface area (Å²) >= 11 is 1.61. The van der Waals surface area contributed by atoms with E-state index in [1.165, 1.54) is 16.0 Å². The van der Waals surface area contributed by atoms with Crippen molar-refractivity contribution >= 4 is 32.6 Å².